The van der Waals surface area contributed by atoms with Gasteiger partial charge in [-0.2, -0.15) is 4.31 Å². The SMILES string of the molecule is COc1cccc(C2(c3cccc(OC)c3)C(=O)C[C@@H]3[C@H]2c2c(n(C)c4ccccc24)CN3S(=O)(=O)c2ccc(C)cc2)c1. The number of ketones is 1. The van der Waals surface area contributed by atoms with Crippen LogP contribution in [0.5, 0.6) is 11.5 Å². The van der Waals surface area contributed by atoms with Gasteiger partial charge in [0.05, 0.1) is 31.1 Å². The molecular weight excluding hydrogens is 572 g/mol. The Kier molecular flexibility index (Phi) is 6.68. The fourth-order valence-corrected chi connectivity index (χ4v) is 9.18. The van der Waals surface area contributed by atoms with E-state index in [0.717, 1.165) is 38.9 Å². The minimum Gasteiger partial charge on any atom is -0.497 e. The van der Waals surface area contributed by atoms with Crippen molar-refractivity contribution in [1.82, 2.24) is 8.87 Å². The summed E-state index contributed by atoms with van der Waals surface area (Å²) in [6.45, 7) is 2.10. The second kappa shape index (κ2) is 10.4. The van der Waals surface area contributed by atoms with E-state index >= 15 is 0 Å². The molecule has 0 unspecified atom stereocenters. The van der Waals surface area contributed by atoms with Crippen molar-refractivity contribution >= 4 is 26.7 Å². The van der Waals surface area contributed by atoms with Crippen molar-refractivity contribution in [2.24, 2.45) is 7.05 Å². The number of para-hydroxylation sites is 1. The molecule has 0 radical (unpaired) electrons. The molecule has 4 aromatic carbocycles. The highest BCUT2D eigenvalue weighted by atomic mass is 32.2. The fourth-order valence-electron chi connectivity index (χ4n) is 7.58. The summed E-state index contributed by atoms with van der Waals surface area (Å²) in [4.78, 5) is 15.2. The van der Waals surface area contributed by atoms with Crippen molar-refractivity contribution in [3.63, 3.8) is 0 Å². The zero-order valence-electron chi connectivity index (χ0n) is 25.2. The van der Waals surface area contributed by atoms with E-state index in [-0.39, 0.29) is 23.6 Å². The van der Waals surface area contributed by atoms with Gasteiger partial charge in [0, 0.05) is 42.0 Å². The number of fused-ring (bicyclic) bond motifs is 5. The maximum Gasteiger partial charge on any atom is 0.243 e. The number of methoxy groups -OCH3 is 2. The summed E-state index contributed by atoms with van der Waals surface area (Å²) in [5, 5.41) is 1.03. The number of aryl methyl sites for hydroxylation is 2. The van der Waals surface area contributed by atoms with E-state index in [9.17, 15) is 13.2 Å². The molecule has 0 N–H and O–H groups in total. The van der Waals surface area contributed by atoms with Crippen molar-refractivity contribution in [3.05, 3.63) is 125 Å². The number of ether oxygens (including phenoxy) is 2. The molecule has 1 aliphatic carbocycles. The molecule has 0 amide bonds. The molecular formula is C36H34N2O5S. The highest BCUT2D eigenvalue weighted by Gasteiger charge is 2.63. The first-order chi connectivity index (χ1) is 21.2. The first kappa shape index (κ1) is 28.4. The van der Waals surface area contributed by atoms with Gasteiger partial charge >= 0.3 is 0 Å². The Morgan fingerprint density at radius 2 is 1.43 bits per heavy atom. The van der Waals surface area contributed by atoms with E-state index in [1.807, 2.05) is 86.8 Å². The molecule has 1 aliphatic heterocycles. The van der Waals surface area contributed by atoms with Gasteiger partial charge in [0.25, 0.3) is 0 Å². The van der Waals surface area contributed by atoms with Crippen molar-refractivity contribution in [2.45, 2.75) is 42.2 Å². The lowest BCUT2D eigenvalue weighted by atomic mass is 9.63. The van der Waals surface area contributed by atoms with E-state index in [1.54, 1.807) is 30.7 Å². The smallest absolute Gasteiger partial charge is 0.243 e. The number of hydrogen-bond acceptors (Lipinski definition) is 5. The number of Topliss-reactive ketones (excluding diaryl/α,β-unsaturated/α-hetero) is 1. The summed E-state index contributed by atoms with van der Waals surface area (Å²) in [6, 6.07) is 29.7. The predicted molar refractivity (Wildman–Crippen MR) is 170 cm³/mol. The third kappa shape index (κ3) is 3.97. The number of hydrogen-bond donors (Lipinski definition) is 0. The van der Waals surface area contributed by atoms with E-state index in [4.69, 9.17) is 9.47 Å². The molecule has 224 valence electrons. The van der Waals surface area contributed by atoms with E-state index in [0.29, 0.717) is 11.5 Å². The van der Waals surface area contributed by atoms with Gasteiger partial charge in [-0.1, -0.05) is 60.2 Å². The van der Waals surface area contributed by atoms with Gasteiger partial charge in [-0.25, -0.2) is 8.42 Å². The average Bonchev–Trinajstić information content (AvgIpc) is 3.51. The average molecular weight is 607 g/mol. The number of nitrogens with zero attached hydrogens (tertiary/aromatic N) is 2. The Morgan fingerprint density at radius 3 is 2.05 bits per heavy atom. The van der Waals surface area contributed by atoms with Gasteiger partial charge in [-0.3, -0.25) is 4.79 Å². The lowest BCUT2D eigenvalue weighted by Crippen LogP contribution is -2.49. The molecule has 2 aliphatic rings. The first-order valence-electron chi connectivity index (χ1n) is 14.7. The highest BCUT2D eigenvalue weighted by molar-refractivity contribution is 7.89. The number of benzene rings is 4. The maximum absolute atomic E-state index is 15.0. The molecule has 5 aromatic rings. The summed E-state index contributed by atoms with van der Waals surface area (Å²) in [7, 11) is 1.22. The molecule has 8 heteroatoms. The van der Waals surface area contributed by atoms with E-state index < -0.39 is 27.4 Å². The predicted octanol–water partition coefficient (Wildman–Crippen LogP) is 6.12. The first-order valence-corrected chi connectivity index (χ1v) is 16.1. The lowest BCUT2D eigenvalue weighted by Gasteiger charge is -2.43. The molecule has 7 nitrogen and oxygen atoms in total. The normalized spacial score (nSPS) is 19.5. The summed E-state index contributed by atoms with van der Waals surface area (Å²) in [5.74, 6) is 0.682. The minimum absolute atomic E-state index is 0.0427. The van der Waals surface area contributed by atoms with Crippen LogP contribution in [0.4, 0.5) is 0 Å². The molecule has 0 saturated heterocycles. The van der Waals surface area contributed by atoms with Gasteiger partial charge in [0.2, 0.25) is 10.0 Å². The monoisotopic (exact) mass is 606 g/mol. The Hall–Kier alpha value is -4.40. The Bertz CT molecular complexity index is 1980. The molecule has 0 bridgehead atoms. The van der Waals surface area contributed by atoms with Crippen LogP contribution in [-0.4, -0.2) is 43.3 Å². The minimum atomic E-state index is -3.98. The van der Waals surface area contributed by atoms with Crippen molar-refractivity contribution in [3.8, 4) is 11.5 Å². The second-order valence-corrected chi connectivity index (χ2v) is 13.6. The van der Waals surface area contributed by atoms with Crippen LogP contribution in [0.1, 0.15) is 40.3 Å². The fraction of sp³-hybridized carbons (Fsp3) is 0.250. The number of sulfonamides is 1. The van der Waals surface area contributed by atoms with Crippen LogP contribution in [-0.2, 0) is 33.8 Å². The summed E-state index contributed by atoms with van der Waals surface area (Å²) in [6.07, 6.45) is 0.0623. The molecule has 1 aromatic heterocycles. The van der Waals surface area contributed by atoms with E-state index in [2.05, 4.69) is 16.7 Å². The van der Waals surface area contributed by atoms with E-state index in [1.165, 1.54) is 0 Å². The topological polar surface area (TPSA) is 77.8 Å². The van der Waals surface area contributed by atoms with Gasteiger partial charge < -0.3 is 14.0 Å². The largest absolute Gasteiger partial charge is 0.497 e. The molecule has 44 heavy (non-hydrogen) atoms. The molecule has 0 spiro atoms. The summed E-state index contributed by atoms with van der Waals surface area (Å²) < 4.78 is 44.0. The van der Waals surface area contributed by atoms with Crippen LogP contribution in [0.15, 0.2) is 102 Å². The van der Waals surface area contributed by atoms with Crippen LogP contribution < -0.4 is 9.47 Å². The molecule has 1 saturated carbocycles. The number of carbonyl (C=O) groups is 1. The van der Waals surface area contributed by atoms with Crippen LogP contribution in [0.3, 0.4) is 0 Å². The Balaban J connectivity index is 1.58. The third-order valence-corrected chi connectivity index (χ3v) is 11.5. The zero-order valence-corrected chi connectivity index (χ0v) is 26.0. The zero-order chi connectivity index (χ0) is 30.8. The molecule has 2 atom stereocenters. The highest BCUT2D eigenvalue weighted by Crippen LogP contribution is 2.60. The summed E-state index contributed by atoms with van der Waals surface area (Å²) in [5.41, 5.74) is 4.17. The molecule has 2 heterocycles. The maximum atomic E-state index is 15.0. The second-order valence-electron chi connectivity index (χ2n) is 11.7. The quantitative estimate of drug-likeness (QED) is 0.233. The van der Waals surface area contributed by atoms with Gasteiger partial charge in [0.15, 0.2) is 0 Å². The number of aromatic nitrogens is 1. The van der Waals surface area contributed by atoms with Crippen molar-refractivity contribution < 1.29 is 22.7 Å². The van der Waals surface area contributed by atoms with Crippen LogP contribution in [0.2, 0.25) is 0 Å². The van der Waals surface area contributed by atoms with Crippen LogP contribution in [0, 0.1) is 6.92 Å². The number of rotatable bonds is 6. The Morgan fingerprint density at radius 1 is 0.818 bits per heavy atom. The van der Waals surface area contributed by atoms with Crippen molar-refractivity contribution in [2.75, 3.05) is 14.2 Å². The molecule has 7 rings (SSSR count). The summed E-state index contributed by atoms with van der Waals surface area (Å²) >= 11 is 0. The third-order valence-electron chi connectivity index (χ3n) is 9.62. The number of carbonyl (C=O) groups excluding carboxylic acids is 1. The van der Waals surface area contributed by atoms with Crippen LogP contribution >= 0.6 is 0 Å². The lowest BCUT2D eigenvalue weighted by molar-refractivity contribution is -0.121. The Labute approximate surface area is 257 Å². The van der Waals surface area contributed by atoms with Crippen molar-refractivity contribution in [1.29, 1.82) is 0 Å². The van der Waals surface area contributed by atoms with Gasteiger partial charge in [0.1, 0.15) is 17.3 Å². The molecule has 1 fully saturated rings. The van der Waals surface area contributed by atoms with Crippen LogP contribution in [0.25, 0.3) is 10.9 Å². The van der Waals surface area contributed by atoms with Gasteiger partial charge in [-0.05, 0) is 66.1 Å². The standard InChI is InChI=1S/C36H34N2O5S/c1-23-15-17-28(18-16-23)44(40,41)38-22-32-34(29-13-5-6-14-30(29)37(32)2)35-31(38)21-33(39)36(35,24-9-7-11-26(19-24)42-3)25-10-8-12-27(20-25)43-4/h5-20,31,35H,21-22H2,1-4H3/t31-,35+/m1/s1. The van der Waals surface area contributed by atoms with Gasteiger partial charge in [-0.15, -0.1) is 0 Å².